The van der Waals surface area contributed by atoms with Gasteiger partial charge in [-0.2, -0.15) is 5.26 Å². The van der Waals surface area contributed by atoms with Crippen LogP contribution in [0.5, 0.6) is 0 Å². The van der Waals surface area contributed by atoms with Crippen molar-refractivity contribution in [2.24, 2.45) is 11.3 Å². The van der Waals surface area contributed by atoms with Gasteiger partial charge in [0.15, 0.2) is 0 Å². The molecule has 0 aliphatic carbocycles. The van der Waals surface area contributed by atoms with Crippen LogP contribution < -0.4 is 5.32 Å². The largest absolute Gasteiger partial charge is 0.315 e. The molecule has 0 bridgehead atoms. The number of nitrogens with zero attached hydrogens (tertiary/aromatic N) is 1. The Hall–Kier alpha value is -0.550. The topological polar surface area (TPSA) is 35.8 Å². The predicted octanol–water partition coefficient (Wildman–Crippen LogP) is 2.17. The number of hydrogen-bond donors (Lipinski definition) is 1. The molecule has 0 fully saturated rings. The van der Waals surface area contributed by atoms with Gasteiger partial charge in [-0.25, -0.2) is 0 Å². The van der Waals surface area contributed by atoms with Gasteiger partial charge in [-0.15, -0.1) is 0 Å². The first-order valence-corrected chi connectivity index (χ1v) is 4.60. The second-order valence-corrected chi connectivity index (χ2v) is 4.43. The van der Waals surface area contributed by atoms with E-state index in [2.05, 4.69) is 32.2 Å². The van der Waals surface area contributed by atoms with Gasteiger partial charge in [-0.1, -0.05) is 27.7 Å². The fourth-order valence-electron chi connectivity index (χ4n) is 0.903. The summed E-state index contributed by atoms with van der Waals surface area (Å²) in [4.78, 5) is 0. The summed E-state index contributed by atoms with van der Waals surface area (Å²) in [6.07, 6.45) is 0.938. The van der Waals surface area contributed by atoms with Gasteiger partial charge >= 0.3 is 0 Å². The minimum Gasteiger partial charge on any atom is -0.315 e. The molecule has 70 valence electrons. The Morgan fingerprint density at radius 3 is 2.33 bits per heavy atom. The molecule has 0 heterocycles. The summed E-state index contributed by atoms with van der Waals surface area (Å²) in [5.74, 6) is 0.173. The van der Waals surface area contributed by atoms with Gasteiger partial charge in [-0.3, -0.25) is 0 Å². The maximum Gasteiger partial charge on any atom is 0.0669 e. The molecular weight excluding hydrogens is 148 g/mol. The van der Waals surface area contributed by atoms with Crippen molar-refractivity contribution in [3.8, 4) is 6.07 Å². The normalized spacial score (nSPS) is 13.9. The molecule has 0 aliphatic rings. The lowest BCUT2D eigenvalue weighted by Crippen LogP contribution is -2.30. The molecule has 0 aliphatic heterocycles. The summed E-state index contributed by atoms with van der Waals surface area (Å²) in [7, 11) is 0. The maximum absolute atomic E-state index is 8.67. The molecule has 2 nitrogen and oxygen atoms in total. The van der Waals surface area contributed by atoms with Crippen LogP contribution in [0, 0.1) is 22.7 Å². The molecule has 12 heavy (non-hydrogen) atoms. The van der Waals surface area contributed by atoms with Crippen LogP contribution in [0.25, 0.3) is 0 Å². The van der Waals surface area contributed by atoms with E-state index in [0.29, 0.717) is 5.41 Å². The fourth-order valence-corrected chi connectivity index (χ4v) is 0.903. The van der Waals surface area contributed by atoms with Crippen molar-refractivity contribution in [1.29, 1.82) is 5.26 Å². The standard InChI is InChI=1S/C10H20N2/c1-5-9(6-11)7-12-8-10(2,3)4/h9,12H,5,7-8H2,1-4H3. The van der Waals surface area contributed by atoms with Gasteiger partial charge in [-0.05, 0) is 11.8 Å². The van der Waals surface area contributed by atoms with E-state index >= 15 is 0 Å². The molecule has 1 N–H and O–H groups in total. The third-order valence-electron chi connectivity index (χ3n) is 1.72. The first-order valence-electron chi connectivity index (χ1n) is 4.60. The minimum absolute atomic E-state index is 0.173. The van der Waals surface area contributed by atoms with E-state index in [-0.39, 0.29) is 5.92 Å². The Morgan fingerprint density at radius 1 is 1.42 bits per heavy atom. The van der Waals surface area contributed by atoms with Gasteiger partial charge in [0.1, 0.15) is 0 Å². The molecule has 0 amide bonds. The highest BCUT2D eigenvalue weighted by atomic mass is 14.9. The van der Waals surface area contributed by atoms with Gasteiger partial charge in [0.25, 0.3) is 0 Å². The Balaban J connectivity index is 3.50. The summed E-state index contributed by atoms with van der Waals surface area (Å²) in [5.41, 5.74) is 0.313. The zero-order chi connectivity index (χ0) is 9.61. The van der Waals surface area contributed by atoms with Crippen molar-refractivity contribution in [1.82, 2.24) is 5.32 Å². The van der Waals surface area contributed by atoms with Crippen LogP contribution >= 0.6 is 0 Å². The lowest BCUT2D eigenvalue weighted by molar-refractivity contribution is 0.369. The Kier molecular flexibility index (Phi) is 4.92. The van der Waals surface area contributed by atoms with E-state index in [4.69, 9.17) is 5.26 Å². The van der Waals surface area contributed by atoms with E-state index in [1.807, 2.05) is 6.92 Å². The molecule has 0 aromatic carbocycles. The summed E-state index contributed by atoms with van der Waals surface area (Å²) in [6, 6.07) is 2.28. The highest BCUT2D eigenvalue weighted by molar-refractivity contribution is 4.83. The summed E-state index contributed by atoms with van der Waals surface area (Å²) >= 11 is 0. The van der Waals surface area contributed by atoms with E-state index < -0.39 is 0 Å². The maximum atomic E-state index is 8.67. The van der Waals surface area contributed by atoms with Crippen LogP contribution in [-0.2, 0) is 0 Å². The average Bonchev–Trinajstić information content (AvgIpc) is 1.96. The number of rotatable bonds is 4. The second kappa shape index (κ2) is 5.16. The fraction of sp³-hybridized carbons (Fsp3) is 0.900. The molecule has 0 aromatic heterocycles. The first kappa shape index (κ1) is 11.4. The molecule has 0 radical (unpaired) electrons. The van der Waals surface area contributed by atoms with Gasteiger partial charge in [0.2, 0.25) is 0 Å². The molecule has 1 unspecified atom stereocenters. The third-order valence-corrected chi connectivity index (χ3v) is 1.72. The van der Waals surface area contributed by atoms with Gasteiger partial charge in [0.05, 0.1) is 12.0 Å². The lowest BCUT2D eigenvalue weighted by atomic mass is 9.96. The molecule has 0 aromatic rings. The second-order valence-electron chi connectivity index (χ2n) is 4.43. The predicted molar refractivity (Wildman–Crippen MR) is 51.7 cm³/mol. The van der Waals surface area contributed by atoms with Crippen molar-refractivity contribution >= 4 is 0 Å². The van der Waals surface area contributed by atoms with Crippen LogP contribution in [0.2, 0.25) is 0 Å². The van der Waals surface area contributed by atoms with E-state index in [9.17, 15) is 0 Å². The number of nitrogens with one attached hydrogen (secondary N) is 1. The number of nitriles is 1. The van der Waals surface area contributed by atoms with Crippen molar-refractivity contribution in [3.05, 3.63) is 0 Å². The molecule has 0 spiro atoms. The smallest absolute Gasteiger partial charge is 0.0669 e. The van der Waals surface area contributed by atoms with Crippen LogP contribution in [0.15, 0.2) is 0 Å². The Labute approximate surface area is 76.0 Å². The lowest BCUT2D eigenvalue weighted by Gasteiger charge is -2.19. The SMILES string of the molecule is CCC(C#N)CNCC(C)(C)C. The molecule has 0 rings (SSSR count). The zero-order valence-electron chi connectivity index (χ0n) is 8.65. The third kappa shape index (κ3) is 6.18. The molecule has 0 saturated heterocycles. The highest BCUT2D eigenvalue weighted by Gasteiger charge is 2.10. The zero-order valence-corrected chi connectivity index (χ0v) is 8.65. The molecule has 2 heteroatoms. The van der Waals surface area contributed by atoms with Crippen molar-refractivity contribution in [3.63, 3.8) is 0 Å². The van der Waals surface area contributed by atoms with Crippen molar-refractivity contribution in [2.75, 3.05) is 13.1 Å². The molecular formula is C10H20N2. The van der Waals surface area contributed by atoms with E-state index in [0.717, 1.165) is 19.5 Å². The highest BCUT2D eigenvalue weighted by Crippen LogP contribution is 2.10. The Bertz CT molecular complexity index is 150. The van der Waals surface area contributed by atoms with Crippen LogP contribution in [0.1, 0.15) is 34.1 Å². The monoisotopic (exact) mass is 168 g/mol. The van der Waals surface area contributed by atoms with E-state index in [1.165, 1.54) is 0 Å². The van der Waals surface area contributed by atoms with E-state index in [1.54, 1.807) is 0 Å². The van der Waals surface area contributed by atoms with Crippen molar-refractivity contribution in [2.45, 2.75) is 34.1 Å². The van der Waals surface area contributed by atoms with Gasteiger partial charge in [0, 0.05) is 13.1 Å². The Morgan fingerprint density at radius 2 is 2.00 bits per heavy atom. The van der Waals surface area contributed by atoms with Crippen LogP contribution in [0.3, 0.4) is 0 Å². The molecule has 0 saturated carbocycles. The van der Waals surface area contributed by atoms with Crippen molar-refractivity contribution < 1.29 is 0 Å². The quantitative estimate of drug-likeness (QED) is 0.698. The molecule has 1 atom stereocenters. The summed E-state index contributed by atoms with van der Waals surface area (Å²) in [5, 5.41) is 12.0. The first-order chi connectivity index (χ1) is 5.49. The van der Waals surface area contributed by atoms with Gasteiger partial charge < -0.3 is 5.32 Å². The number of hydrogen-bond acceptors (Lipinski definition) is 2. The summed E-state index contributed by atoms with van der Waals surface area (Å²) < 4.78 is 0. The van der Waals surface area contributed by atoms with Crippen LogP contribution in [-0.4, -0.2) is 13.1 Å². The average molecular weight is 168 g/mol. The summed E-state index contributed by atoms with van der Waals surface area (Å²) in [6.45, 7) is 10.4. The van der Waals surface area contributed by atoms with Crippen LogP contribution in [0.4, 0.5) is 0 Å². The minimum atomic E-state index is 0.173.